The first kappa shape index (κ1) is 9.88. The molecule has 3 heteroatoms. The van der Waals surface area contributed by atoms with Gasteiger partial charge in [0.1, 0.15) is 0 Å². The molecule has 0 heterocycles. The summed E-state index contributed by atoms with van der Waals surface area (Å²) in [7, 11) is 0. The fourth-order valence-corrected chi connectivity index (χ4v) is 0.489. The Labute approximate surface area is 61.6 Å². The summed E-state index contributed by atoms with van der Waals surface area (Å²) in [4.78, 5) is 0. The molecule has 0 spiro atoms. The maximum absolute atomic E-state index is 9.17. The van der Waals surface area contributed by atoms with Crippen molar-refractivity contribution in [3.8, 4) is 0 Å². The van der Waals surface area contributed by atoms with E-state index in [1.54, 1.807) is 13.8 Å². The number of ether oxygens (including phenoxy) is 1. The van der Waals surface area contributed by atoms with Crippen molar-refractivity contribution in [2.45, 2.75) is 25.9 Å². The minimum atomic E-state index is -0.657. The lowest BCUT2D eigenvalue weighted by Gasteiger charge is -2.16. The summed E-state index contributed by atoms with van der Waals surface area (Å²) in [5.41, 5.74) is -0.657. The van der Waals surface area contributed by atoms with Gasteiger partial charge in [-0.25, -0.2) is 0 Å². The van der Waals surface area contributed by atoms with E-state index < -0.39 is 5.60 Å². The second kappa shape index (κ2) is 4.66. The van der Waals surface area contributed by atoms with Crippen molar-refractivity contribution in [3.63, 3.8) is 0 Å². The smallest absolute Gasteiger partial charge is 0.0697 e. The van der Waals surface area contributed by atoms with Crippen LogP contribution in [0.2, 0.25) is 0 Å². The summed E-state index contributed by atoms with van der Waals surface area (Å²) in [5, 5.41) is 17.5. The molecule has 0 atom stereocenters. The lowest BCUT2D eigenvalue weighted by atomic mass is 10.1. The van der Waals surface area contributed by atoms with Gasteiger partial charge in [0.2, 0.25) is 0 Å². The quantitative estimate of drug-likeness (QED) is 0.546. The third-order valence-electron chi connectivity index (χ3n) is 1.09. The van der Waals surface area contributed by atoms with Gasteiger partial charge in [-0.3, -0.25) is 0 Å². The molecule has 10 heavy (non-hydrogen) atoms. The Kier molecular flexibility index (Phi) is 4.60. The molecule has 0 saturated carbocycles. The van der Waals surface area contributed by atoms with Crippen molar-refractivity contribution >= 4 is 0 Å². The number of hydrogen-bond donors (Lipinski definition) is 2. The molecule has 0 aliphatic carbocycles. The van der Waals surface area contributed by atoms with Crippen LogP contribution in [-0.2, 0) is 4.74 Å². The molecule has 0 aliphatic rings. The molecular weight excluding hydrogens is 132 g/mol. The number of aliphatic hydroxyl groups excluding tert-OH is 1. The van der Waals surface area contributed by atoms with E-state index in [2.05, 4.69) is 0 Å². The Morgan fingerprint density at radius 3 is 2.30 bits per heavy atom. The van der Waals surface area contributed by atoms with Gasteiger partial charge in [-0.15, -0.1) is 0 Å². The van der Waals surface area contributed by atoms with Crippen LogP contribution in [0.1, 0.15) is 20.3 Å². The summed E-state index contributed by atoms with van der Waals surface area (Å²) in [6, 6.07) is 0. The summed E-state index contributed by atoms with van der Waals surface area (Å²) in [6.45, 7) is 4.37. The zero-order valence-corrected chi connectivity index (χ0v) is 6.63. The van der Waals surface area contributed by atoms with Crippen LogP contribution in [0.4, 0.5) is 0 Å². The van der Waals surface area contributed by atoms with Gasteiger partial charge in [0.05, 0.1) is 18.8 Å². The minimum Gasteiger partial charge on any atom is -0.394 e. The van der Waals surface area contributed by atoms with Gasteiger partial charge in [-0.05, 0) is 20.3 Å². The van der Waals surface area contributed by atoms with Gasteiger partial charge in [0, 0.05) is 6.61 Å². The van der Waals surface area contributed by atoms with E-state index in [1.807, 2.05) is 0 Å². The summed E-state index contributed by atoms with van der Waals surface area (Å²) >= 11 is 0. The molecule has 0 aliphatic heterocycles. The SMILES string of the molecule is CC(C)(O)CCOCCO. The van der Waals surface area contributed by atoms with E-state index in [-0.39, 0.29) is 6.61 Å². The first-order valence-corrected chi connectivity index (χ1v) is 3.47. The summed E-state index contributed by atoms with van der Waals surface area (Å²) in [6.07, 6.45) is 0.604. The summed E-state index contributed by atoms with van der Waals surface area (Å²) in [5.74, 6) is 0. The third-order valence-corrected chi connectivity index (χ3v) is 1.09. The molecule has 0 unspecified atom stereocenters. The van der Waals surface area contributed by atoms with Crippen LogP contribution < -0.4 is 0 Å². The van der Waals surface area contributed by atoms with E-state index in [9.17, 15) is 5.11 Å². The Hall–Kier alpha value is -0.120. The predicted molar refractivity (Wildman–Crippen MR) is 38.8 cm³/mol. The molecule has 0 aromatic rings. The van der Waals surface area contributed by atoms with Crippen LogP contribution in [-0.4, -0.2) is 35.6 Å². The van der Waals surface area contributed by atoms with Crippen molar-refractivity contribution in [3.05, 3.63) is 0 Å². The van der Waals surface area contributed by atoms with Crippen LogP contribution in [0, 0.1) is 0 Å². The van der Waals surface area contributed by atoms with Gasteiger partial charge in [0.25, 0.3) is 0 Å². The van der Waals surface area contributed by atoms with E-state index in [0.717, 1.165) is 0 Å². The molecule has 0 fully saturated rings. The van der Waals surface area contributed by atoms with Crippen LogP contribution in [0.5, 0.6) is 0 Å². The largest absolute Gasteiger partial charge is 0.394 e. The molecule has 0 aromatic carbocycles. The predicted octanol–water partition coefficient (Wildman–Crippen LogP) is 0.156. The molecule has 0 saturated heterocycles. The van der Waals surface area contributed by atoms with Crippen LogP contribution in [0.3, 0.4) is 0 Å². The highest BCUT2D eigenvalue weighted by atomic mass is 16.5. The lowest BCUT2D eigenvalue weighted by Crippen LogP contribution is -2.21. The van der Waals surface area contributed by atoms with E-state index in [4.69, 9.17) is 9.84 Å². The highest BCUT2D eigenvalue weighted by Crippen LogP contribution is 2.05. The molecule has 0 aromatic heterocycles. The molecule has 0 rings (SSSR count). The van der Waals surface area contributed by atoms with Gasteiger partial charge >= 0.3 is 0 Å². The zero-order chi connectivity index (χ0) is 8.04. The minimum absolute atomic E-state index is 0.0475. The average Bonchev–Trinajstić information content (AvgIpc) is 1.78. The fraction of sp³-hybridized carbons (Fsp3) is 1.00. The standard InChI is InChI=1S/C7H16O3/c1-7(2,9)3-5-10-6-4-8/h8-9H,3-6H2,1-2H3. The van der Waals surface area contributed by atoms with Crippen molar-refractivity contribution in [2.24, 2.45) is 0 Å². The Morgan fingerprint density at radius 2 is 1.90 bits per heavy atom. The fourth-order valence-electron chi connectivity index (χ4n) is 0.489. The van der Waals surface area contributed by atoms with E-state index in [1.165, 1.54) is 0 Å². The molecule has 0 radical (unpaired) electrons. The molecule has 0 amide bonds. The monoisotopic (exact) mass is 148 g/mol. The lowest BCUT2D eigenvalue weighted by molar-refractivity contribution is 0.0196. The maximum atomic E-state index is 9.17. The molecule has 2 N–H and O–H groups in total. The van der Waals surface area contributed by atoms with Gasteiger partial charge < -0.3 is 14.9 Å². The third kappa shape index (κ3) is 7.88. The van der Waals surface area contributed by atoms with Crippen LogP contribution in [0.15, 0.2) is 0 Å². The van der Waals surface area contributed by atoms with Crippen molar-refractivity contribution in [1.82, 2.24) is 0 Å². The average molecular weight is 148 g/mol. The Morgan fingerprint density at radius 1 is 1.30 bits per heavy atom. The van der Waals surface area contributed by atoms with E-state index in [0.29, 0.717) is 19.6 Å². The second-order valence-electron chi connectivity index (χ2n) is 2.90. The number of hydrogen-bond acceptors (Lipinski definition) is 3. The van der Waals surface area contributed by atoms with Crippen molar-refractivity contribution in [1.29, 1.82) is 0 Å². The van der Waals surface area contributed by atoms with Gasteiger partial charge in [-0.1, -0.05) is 0 Å². The van der Waals surface area contributed by atoms with Crippen molar-refractivity contribution < 1.29 is 14.9 Å². The van der Waals surface area contributed by atoms with Crippen LogP contribution in [0.25, 0.3) is 0 Å². The van der Waals surface area contributed by atoms with Crippen LogP contribution >= 0.6 is 0 Å². The second-order valence-corrected chi connectivity index (χ2v) is 2.90. The molecule has 0 bridgehead atoms. The highest BCUT2D eigenvalue weighted by molar-refractivity contribution is 4.63. The topological polar surface area (TPSA) is 49.7 Å². The highest BCUT2D eigenvalue weighted by Gasteiger charge is 2.10. The number of aliphatic hydroxyl groups is 2. The van der Waals surface area contributed by atoms with E-state index >= 15 is 0 Å². The molecule has 3 nitrogen and oxygen atoms in total. The number of rotatable bonds is 5. The Balaban J connectivity index is 3.04. The zero-order valence-electron chi connectivity index (χ0n) is 6.63. The maximum Gasteiger partial charge on any atom is 0.0697 e. The molecule has 62 valence electrons. The summed E-state index contributed by atoms with van der Waals surface area (Å²) < 4.78 is 4.95. The normalized spacial score (nSPS) is 12.0. The van der Waals surface area contributed by atoms with Gasteiger partial charge in [0.15, 0.2) is 0 Å². The first-order chi connectivity index (χ1) is 4.56. The van der Waals surface area contributed by atoms with Crippen molar-refractivity contribution in [2.75, 3.05) is 19.8 Å². The molecular formula is C7H16O3. The first-order valence-electron chi connectivity index (χ1n) is 3.47. The Bertz CT molecular complexity index is 75.4. The van der Waals surface area contributed by atoms with Gasteiger partial charge in [-0.2, -0.15) is 0 Å².